The first-order chi connectivity index (χ1) is 16.9. The van der Waals surface area contributed by atoms with Crippen LogP contribution in [0, 0.1) is 0 Å². The van der Waals surface area contributed by atoms with Crippen LogP contribution in [0.5, 0.6) is 0 Å². The van der Waals surface area contributed by atoms with Gasteiger partial charge in [-0.05, 0) is 42.5 Å². The smallest absolute Gasteiger partial charge is 0.255 e. The standard InChI is InChI=1S/C27H20N4O3S/c28-35(33,34)22-14-12-21(13-15-22)29-27(32)20-11-16-23-24(17-20)31-26(19-9-5-2-6-10-19)25(30-23)18-7-3-1-4-8-18/h1-17H,(H,29,32)(H2,28,33,34). The molecule has 0 spiro atoms. The molecule has 5 aromatic rings. The van der Waals surface area contributed by atoms with Crippen molar-refractivity contribution in [1.29, 1.82) is 0 Å². The molecule has 8 heteroatoms. The first-order valence-electron chi connectivity index (χ1n) is 10.8. The number of fused-ring (bicyclic) bond motifs is 1. The van der Waals surface area contributed by atoms with Gasteiger partial charge in [0, 0.05) is 22.4 Å². The van der Waals surface area contributed by atoms with Crippen molar-refractivity contribution in [3.05, 3.63) is 109 Å². The molecule has 3 N–H and O–H groups in total. The molecule has 1 amide bonds. The third-order valence-corrected chi connectivity index (χ3v) is 6.39. The van der Waals surface area contributed by atoms with Gasteiger partial charge < -0.3 is 5.32 Å². The van der Waals surface area contributed by atoms with Crippen molar-refractivity contribution in [2.75, 3.05) is 5.32 Å². The van der Waals surface area contributed by atoms with Crippen LogP contribution in [0.15, 0.2) is 108 Å². The highest BCUT2D eigenvalue weighted by Gasteiger charge is 2.15. The van der Waals surface area contributed by atoms with Crippen molar-refractivity contribution in [2.45, 2.75) is 4.90 Å². The molecule has 1 aromatic heterocycles. The Morgan fingerprint density at radius 1 is 0.686 bits per heavy atom. The van der Waals surface area contributed by atoms with Gasteiger partial charge in [-0.1, -0.05) is 60.7 Å². The molecule has 0 aliphatic heterocycles. The summed E-state index contributed by atoms with van der Waals surface area (Å²) >= 11 is 0. The summed E-state index contributed by atoms with van der Waals surface area (Å²) in [5.74, 6) is -0.356. The molecule has 0 atom stereocenters. The second-order valence-electron chi connectivity index (χ2n) is 7.88. The summed E-state index contributed by atoms with van der Waals surface area (Å²) in [6, 6.07) is 30.4. The number of benzene rings is 4. The lowest BCUT2D eigenvalue weighted by Gasteiger charge is -2.11. The molecule has 0 bridgehead atoms. The average molecular weight is 481 g/mol. The van der Waals surface area contributed by atoms with E-state index in [4.69, 9.17) is 15.1 Å². The van der Waals surface area contributed by atoms with Gasteiger partial charge in [0.2, 0.25) is 10.0 Å². The van der Waals surface area contributed by atoms with Gasteiger partial charge in [-0.3, -0.25) is 4.79 Å². The Balaban J connectivity index is 1.53. The Labute approximate surface area is 202 Å². The number of carbonyl (C=O) groups excluding carboxylic acids is 1. The molecule has 35 heavy (non-hydrogen) atoms. The molecule has 0 aliphatic rings. The lowest BCUT2D eigenvalue weighted by atomic mass is 10.0. The number of nitrogens with one attached hydrogen (secondary N) is 1. The molecule has 0 fully saturated rings. The SMILES string of the molecule is NS(=O)(=O)c1ccc(NC(=O)c2ccc3nc(-c4ccccc4)c(-c4ccccc4)nc3c2)cc1. The number of carbonyl (C=O) groups is 1. The first-order valence-corrected chi connectivity index (χ1v) is 12.3. The Morgan fingerprint density at radius 2 is 1.23 bits per heavy atom. The minimum Gasteiger partial charge on any atom is -0.322 e. The highest BCUT2D eigenvalue weighted by Crippen LogP contribution is 2.31. The van der Waals surface area contributed by atoms with Gasteiger partial charge >= 0.3 is 0 Å². The molecule has 0 saturated heterocycles. The zero-order valence-electron chi connectivity index (χ0n) is 18.4. The molecule has 0 aliphatic carbocycles. The van der Waals surface area contributed by atoms with Crippen LogP contribution in [0.25, 0.3) is 33.5 Å². The molecule has 0 radical (unpaired) electrons. The third-order valence-electron chi connectivity index (χ3n) is 5.46. The van der Waals surface area contributed by atoms with Crippen LogP contribution in [-0.2, 0) is 10.0 Å². The van der Waals surface area contributed by atoms with Crippen LogP contribution in [0.4, 0.5) is 5.69 Å². The number of anilines is 1. The molecule has 5 rings (SSSR count). The Bertz CT molecular complexity index is 1640. The first kappa shape index (κ1) is 22.4. The number of amides is 1. The minimum absolute atomic E-state index is 0.0286. The van der Waals surface area contributed by atoms with Gasteiger partial charge in [-0.2, -0.15) is 0 Å². The van der Waals surface area contributed by atoms with Crippen molar-refractivity contribution in [3.63, 3.8) is 0 Å². The second kappa shape index (κ2) is 9.09. The average Bonchev–Trinajstić information content (AvgIpc) is 2.88. The van der Waals surface area contributed by atoms with E-state index in [0.717, 1.165) is 22.5 Å². The van der Waals surface area contributed by atoms with Crippen LogP contribution in [0.1, 0.15) is 10.4 Å². The number of sulfonamides is 1. The largest absolute Gasteiger partial charge is 0.322 e. The summed E-state index contributed by atoms with van der Waals surface area (Å²) in [4.78, 5) is 22.6. The quantitative estimate of drug-likeness (QED) is 0.373. The molecular weight excluding hydrogens is 460 g/mol. The number of hydrogen-bond donors (Lipinski definition) is 2. The Morgan fingerprint density at radius 3 is 1.77 bits per heavy atom. The second-order valence-corrected chi connectivity index (χ2v) is 9.44. The highest BCUT2D eigenvalue weighted by atomic mass is 32.2. The normalized spacial score (nSPS) is 11.3. The fourth-order valence-corrected chi connectivity index (χ4v) is 4.24. The van der Waals surface area contributed by atoms with Gasteiger partial charge in [-0.15, -0.1) is 0 Å². The molecule has 1 heterocycles. The Hall–Kier alpha value is -4.40. The van der Waals surface area contributed by atoms with Crippen molar-refractivity contribution in [3.8, 4) is 22.5 Å². The molecule has 0 unspecified atom stereocenters. The number of nitrogens with zero attached hydrogens (tertiary/aromatic N) is 2. The number of nitrogens with two attached hydrogens (primary N) is 1. The zero-order valence-corrected chi connectivity index (χ0v) is 19.2. The fraction of sp³-hybridized carbons (Fsp3) is 0. The van der Waals surface area contributed by atoms with Crippen LogP contribution in [0.3, 0.4) is 0 Å². The summed E-state index contributed by atoms with van der Waals surface area (Å²) in [6.07, 6.45) is 0. The summed E-state index contributed by atoms with van der Waals surface area (Å²) in [5.41, 5.74) is 5.44. The van der Waals surface area contributed by atoms with E-state index >= 15 is 0 Å². The minimum atomic E-state index is -3.80. The van der Waals surface area contributed by atoms with E-state index in [-0.39, 0.29) is 10.8 Å². The number of aromatic nitrogens is 2. The number of rotatable bonds is 5. The Kier molecular flexibility index (Phi) is 5.82. The van der Waals surface area contributed by atoms with E-state index in [2.05, 4.69) is 5.32 Å². The lowest BCUT2D eigenvalue weighted by Crippen LogP contribution is -2.14. The van der Waals surface area contributed by atoms with Crippen LogP contribution in [-0.4, -0.2) is 24.3 Å². The molecule has 0 saturated carbocycles. The highest BCUT2D eigenvalue weighted by molar-refractivity contribution is 7.89. The molecular formula is C27H20N4O3S. The summed E-state index contributed by atoms with van der Waals surface area (Å²) in [5, 5.41) is 7.89. The number of primary sulfonamides is 1. The monoisotopic (exact) mass is 480 g/mol. The zero-order chi connectivity index (χ0) is 24.4. The van der Waals surface area contributed by atoms with E-state index in [1.165, 1.54) is 24.3 Å². The van der Waals surface area contributed by atoms with Crippen molar-refractivity contribution < 1.29 is 13.2 Å². The van der Waals surface area contributed by atoms with E-state index in [1.807, 2.05) is 60.7 Å². The molecule has 4 aromatic carbocycles. The maximum Gasteiger partial charge on any atom is 0.255 e. The lowest BCUT2D eigenvalue weighted by molar-refractivity contribution is 0.102. The van der Waals surface area contributed by atoms with Gasteiger partial charge in [0.15, 0.2) is 0 Å². The predicted molar refractivity (Wildman–Crippen MR) is 136 cm³/mol. The van der Waals surface area contributed by atoms with Gasteiger partial charge in [0.25, 0.3) is 5.91 Å². The van der Waals surface area contributed by atoms with E-state index in [1.54, 1.807) is 18.2 Å². The predicted octanol–water partition coefficient (Wildman–Crippen LogP) is 4.86. The van der Waals surface area contributed by atoms with E-state index < -0.39 is 10.0 Å². The van der Waals surface area contributed by atoms with Gasteiger partial charge in [0.05, 0.1) is 27.3 Å². The third kappa shape index (κ3) is 4.79. The van der Waals surface area contributed by atoms with Crippen molar-refractivity contribution in [1.82, 2.24) is 9.97 Å². The maximum atomic E-state index is 12.9. The van der Waals surface area contributed by atoms with E-state index in [9.17, 15) is 13.2 Å². The fourth-order valence-electron chi connectivity index (χ4n) is 3.72. The van der Waals surface area contributed by atoms with Crippen LogP contribution >= 0.6 is 0 Å². The molecule has 7 nitrogen and oxygen atoms in total. The molecule has 172 valence electrons. The van der Waals surface area contributed by atoms with Gasteiger partial charge in [0.1, 0.15) is 0 Å². The van der Waals surface area contributed by atoms with Crippen LogP contribution < -0.4 is 10.5 Å². The summed E-state index contributed by atoms with van der Waals surface area (Å²) in [6.45, 7) is 0. The topological polar surface area (TPSA) is 115 Å². The summed E-state index contributed by atoms with van der Waals surface area (Å²) in [7, 11) is -3.80. The van der Waals surface area contributed by atoms with E-state index in [0.29, 0.717) is 22.3 Å². The van der Waals surface area contributed by atoms with Gasteiger partial charge in [-0.25, -0.2) is 23.5 Å². The van der Waals surface area contributed by atoms with Crippen LogP contribution in [0.2, 0.25) is 0 Å². The maximum absolute atomic E-state index is 12.9. The summed E-state index contributed by atoms with van der Waals surface area (Å²) < 4.78 is 22.9. The van der Waals surface area contributed by atoms with Crippen molar-refractivity contribution in [2.24, 2.45) is 5.14 Å². The number of hydrogen-bond acceptors (Lipinski definition) is 5. The van der Waals surface area contributed by atoms with Crippen molar-refractivity contribution >= 4 is 32.7 Å².